The normalized spacial score (nSPS) is 10.3. The van der Waals surface area contributed by atoms with Gasteiger partial charge in [0.25, 0.3) is 11.2 Å². The summed E-state index contributed by atoms with van der Waals surface area (Å²) in [6, 6.07) is 12.0. The van der Waals surface area contributed by atoms with Crippen LogP contribution in [0.5, 0.6) is 0 Å². The minimum absolute atomic E-state index is 0.0628. The predicted octanol–water partition coefficient (Wildman–Crippen LogP) is 1.82. The zero-order valence-corrected chi connectivity index (χ0v) is 13.2. The summed E-state index contributed by atoms with van der Waals surface area (Å²) in [5.74, 6) is -0.469. The highest BCUT2D eigenvalue weighted by Gasteiger charge is 2.12. The van der Waals surface area contributed by atoms with Gasteiger partial charge in [0.2, 0.25) is 5.91 Å². The Hall–Kier alpha value is -4.06. The molecule has 2 aromatic carbocycles. The number of non-ortho nitro benzene ring substituents is 1. The number of aromatic nitrogens is 2. The number of anilines is 1. The highest BCUT2D eigenvalue weighted by molar-refractivity contribution is 5.90. The maximum atomic E-state index is 12.5. The van der Waals surface area contributed by atoms with Gasteiger partial charge in [-0.3, -0.25) is 24.3 Å². The molecule has 0 bridgehead atoms. The van der Waals surface area contributed by atoms with Crippen molar-refractivity contribution in [1.82, 2.24) is 9.55 Å². The largest absolute Gasteiger partial charge is 0.325 e. The summed E-state index contributed by atoms with van der Waals surface area (Å²) in [4.78, 5) is 38.9. The summed E-state index contributed by atoms with van der Waals surface area (Å²) < 4.78 is 1.07. The Balaban J connectivity index is 1.84. The SMILES string of the molecule is N#Cc1ccc(NC(=O)Cn2cnc3ccc([N+](=O)[O-])cc3c2=O)cc1. The summed E-state index contributed by atoms with van der Waals surface area (Å²) in [5.41, 5.74) is 0.472. The topological polar surface area (TPSA) is 131 Å². The second kappa shape index (κ2) is 6.82. The average molecular weight is 349 g/mol. The number of benzene rings is 2. The van der Waals surface area contributed by atoms with Gasteiger partial charge in [0.05, 0.1) is 33.8 Å². The van der Waals surface area contributed by atoms with Crippen LogP contribution in [0.1, 0.15) is 5.56 Å². The Morgan fingerprint density at radius 3 is 2.65 bits per heavy atom. The molecule has 3 rings (SSSR count). The van der Waals surface area contributed by atoms with Gasteiger partial charge < -0.3 is 5.32 Å². The van der Waals surface area contributed by atoms with Crippen LogP contribution in [-0.4, -0.2) is 20.4 Å². The molecular formula is C17H11N5O4. The number of nitriles is 1. The molecule has 128 valence electrons. The van der Waals surface area contributed by atoms with E-state index in [1.165, 1.54) is 18.5 Å². The first-order valence-corrected chi connectivity index (χ1v) is 7.41. The minimum atomic E-state index is -0.603. The first-order chi connectivity index (χ1) is 12.5. The summed E-state index contributed by atoms with van der Waals surface area (Å²) >= 11 is 0. The van der Waals surface area contributed by atoms with Crippen LogP contribution in [0.3, 0.4) is 0 Å². The van der Waals surface area contributed by atoms with Crippen LogP contribution in [0.25, 0.3) is 10.9 Å². The first kappa shape index (κ1) is 16.8. The summed E-state index contributed by atoms with van der Waals surface area (Å²) in [7, 11) is 0. The van der Waals surface area contributed by atoms with Crippen molar-refractivity contribution in [3.63, 3.8) is 0 Å². The fourth-order valence-electron chi connectivity index (χ4n) is 2.36. The Bertz CT molecular complexity index is 1110. The molecule has 0 saturated heterocycles. The molecule has 0 saturated carbocycles. The number of hydrogen-bond donors (Lipinski definition) is 1. The molecule has 0 spiro atoms. The monoisotopic (exact) mass is 349 g/mol. The molecule has 1 amide bonds. The van der Waals surface area contributed by atoms with Crippen molar-refractivity contribution in [1.29, 1.82) is 5.26 Å². The average Bonchev–Trinajstić information content (AvgIpc) is 2.64. The molecular weight excluding hydrogens is 338 g/mol. The lowest BCUT2D eigenvalue weighted by Crippen LogP contribution is -2.27. The van der Waals surface area contributed by atoms with E-state index in [4.69, 9.17) is 5.26 Å². The van der Waals surface area contributed by atoms with E-state index in [2.05, 4.69) is 10.3 Å². The zero-order chi connectivity index (χ0) is 18.7. The molecule has 0 unspecified atom stereocenters. The van der Waals surface area contributed by atoms with E-state index in [0.717, 1.165) is 10.6 Å². The number of rotatable bonds is 4. The molecule has 0 aliphatic carbocycles. The van der Waals surface area contributed by atoms with Gasteiger partial charge in [-0.1, -0.05) is 0 Å². The van der Waals surface area contributed by atoms with Gasteiger partial charge in [0.15, 0.2) is 0 Å². The Morgan fingerprint density at radius 2 is 2.00 bits per heavy atom. The highest BCUT2D eigenvalue weighted by Crippen LogP contribution is 2.16. The van der Waals surface area contributed by atoms with E-state index in [0.29, 0.717) is 16.8 Å². The third kappa shape index (κ3) is 3.39. The van der Waals surface area contributed by atoms with Crippen LogP contribution >= 0.6 is 0 Å². The molecule has 1 heterocycles. The second-order valence-corrected chi connectivity index (χ2v) is 5.37. The Kier molecular flexibility index (Phi) is 4.40. The molecule has 0 fully saturated rings. The number of nitrogens with zero attached hydrogens (tertiary/aromatic N) is 4. The number of nitro benzene ring substituents is 1. The lowest BCUT2D eigenvalue weighted by Gasteiger charge is -2.08. The van der Waals surface area contributed by atoms with Gasteiger partial charge in [-0.25, -0.2) is 4.98 Å². The number of carbonyl (C=O) groups is 1. The van der Waals surface area contributed by atoms with Crippen LogP contribution in [0, 0.1) is 21.4 Å². The van der Waals surface area contributed by atoms with Gasteiger partial charge in [-0.15, -0.1) is 0 Å². The van der Waals surface area contributed by atoms with Gasteiger partial charge in [0, 0.05) is 17.8 Å². The molecule has 1 N–H and O–H groups in total. The van der Waals surface area contributed by atoms with E-state index in [9.17, 15) is 19.7 Å². The van der Waals surface area contributed by atoms with E-state index in [-0.39, 0.29) is 17.6 Å². The van der Waals surface area contributed by atoms with E-state index < -0.39 is 16.4 Å². The highest BCUT2D eigenvalue weighted by atomic mass is 16.6. The zero-order valence-electron chi connectivity index (χ0n) is 13.2. The number of nitro groups is 1. The predicted molar refractivity (Wildman–Crippen MR) is 92.4 cm³/mol. The molecule has 9 nitrogen and oxygen atoms in total. The molecule has 26 heavy (non-hydrogen) atoms. The van der Waals surface area contributed by atoms with Gasteiger partial charge in [0.1, 0.15) is 6.54 Å². The molecule has 0 atom stereocenters. The smallest absolute Gasteiger partial charge is 0.270 e. The quantitative estimate of drug-likeness (QED) is 0.564. The van der Waals surface area contributed by atoms with Crippen LogP contribution in [-0.2, 0) is 11.3 Å². The Morgan fingerprint density at radius 1 is 1.27 bits per heavy atom. The van der Waals surface area contributed by atoms with E-state index >= 15 is 0 Å². The number of nitrogens with one attached hydrogen (secondary N) is 1. The standard InChI is InChI=1S/C17H11N5O4/c18-8-11-1-3-12(4-2-11)20-16(23)9-21-10-19-15-6-5-13(22(25)26)7-14(15)17(21)24/h1-7,10H,9H2,(H,20,23). The lowest BCUT2D eigenvalue weighted by molar-refractivity contribution is -0.384. The van der Waals surface area contributed by atoms with Crippen LogP contribution < -0.4 is 10.9 Å². The van der Waals surface area contributed by atoms with Crippen molar-refractivity contribution in [2.24, 2.45) is 0 Å². The third-order valence-corrected chi connectivity index (χ3v) is 3.63. The molecule has 0 aliphatic rings. The summed E-state index contributed by atoms with van der Waals surface area (Å²) in [5, 5.41) is 22.3. The van der Waals surface area contributed by atoms with Crippen molar-refractivity contribution in [3.05, 3.63) is 74.8 Å². The molecule has 0 aliphatic heterocycles. The third-order valence-electron chi connectivity index (χ3n) is 3.63. The number of carbonyl (C=O) groups excluding carboxylic acids is 1. The van der Waals surface area contributed by atoms with Crippen molar-refractivity contribution in [2.75, 3.05) is 5.32 Å². The summed E-state index contributed by atoms with van der Waals surface area (Å²) in [6.45, 7) is -0.301. The fraction of sp³-hybridized carbons (Fsp3) is 0.0588. The lowest BCUT2D eigenvalue weighted by atomic mass is 10.2. The molecule has 1 aromatic heterocycles. The minimum Gasteiger partial charge on any atom is -0.325 e. The van der Waals surface area contributed by atoms with Gasteiger partial charge >= 0.3 is 0 Å². The van der Waals surface area contributed by atoms with Crippen molar-refractivity contribution < 1.29 is 9.72 Å². The van der Waals surface area contributed by atoms with Crippen molar-refractivity contribution in [2.45, 2.75) is 6.54 Å². The Labute approximate surface area is 146 Å². The van der Waals surface area contributed by atoms with Crippen LogP contribution in [0.2, 0.25) is 0 Å². The van der Waals surface area contributed by atoms with Crippen LogP contribution in [0.4, 0.5) is 11.4 Å². The van der Waals surface area contributed by atoms with Gasteiger partial charge in [-0.05, 0) is 30.3 Å². The summed E-state index contributed by atoms with van der Waals surface area (Å²) in [6.07, 6.45) is 1.22. The van der Waals surface area contributed by atoms with Crippen LogP contribution in [0.15, 0.2) is 53.6 Å². The fourth-order valence-corrected chi connectivity index (χ4v) is 2.36. The van der Waals surface area contributed by atoms with Gasteiger partial charge in [-0.2, -0.15) is 5.26 Å². The molecule has 9 heteroatoms. The number of amides is 1. The maximum Gasteiger partial charge on any atom is 0.270 e. The molecule has 0 radical (unpaired) electrons. The van der Waals surface area contributed by atoms with Crippen molar-refractivity contribution in [3.8, 4) is 6.07 Å². The first-order valence-electron chi connectivity index (χ1n) is 7.41. The van der Waals surface area contributed by atoms with E-state index in [1.807, 2.05) is 6.07 Å². The number of hydrogen-bond acceptors (Lipinski definition) is 6. The second-order valence-electron chi connectivity index (χ2n) is 5.37. The van der Waals surface area contributed by atoms with E-state index in [1.54, 1.807) is 24.3 Å². The van der Waals surface area contributed by atoms with Crippen molar-refractivity contribution >= 4 is 28.2 Å². The number of fused-ring (bicyclic) bond motifs is 1. The maximum absolute atomic E-state index is 12.5. The molecule has 3 aromatic rings.